The molecule has 0 saturated carbocycles. The summed E-state index contributed by atoms with van der Waals surface area (Å²) in [4.78, 5) is 17.0. The number of amides is 1. The maximum Gasteiger partial charge on any atom is 0.271 e. The molecule has 0 atom stereocenters. The number of halogens is 1. The Hall–Kier alpha value is -0.460. The van der Waals surface area contributed by atoms with E-state index in [9.17, 15) is 4.79 Å². The zero-order valence-electron chi connectivity index (χ0n) is 7.88. The predicted octanol–water partition coefficient (Wildman–Crippen LogP) is 1.65. The smallest absolute Gasteiger partial charge is 0.271 e. The molecule has 3 rings (SSSR count). The standard InChI is InChI=1S/C9H9BrN2O2S/c10-8-11-5-6(15-8)9(12-7(5)13)1-3-14-4-2-9/h1-4H2,(H,12,13). The molecule has 3 heterocycles. The van der Waals surface area contributed by atoms with Crippen molar-refractivity contribution in [2.24, 2.45) is 0 Å². The van der Waals surface area contributed by atoms with Crippen LogP contribution < -0.4 is 5.32 Å². The summed E-state index contributed by atoms with van der Waals surface area (Å²) >= 11 is 4.88. The second-order valence-electron chi connectivity index (χ2n) is 3.79. The van der Waals surface area contributed by atoms with Crippen LogP contribution in [0.15, 0.2) is 3.92 Å². The Morgan fingerprint density at radius 2 is 2.20 bits per heavy atom. The summed E-state index contributed by atoms with van der Waals surface area (Å²) in [6.45, 7) is 1.41. The molecule has 2 aliphatic rings. The number of rotatable bonds is 0. The predicted molar refractivity (Wildman–Crippen MR) is 59.0 cm³/mol. The van der Waals surface area contributed by atoms with Crippen molar-refractivity contribution in [2.45, 2.75) is 18.4 Å². The van der Waals surface area contributed by atoms with Crippen molar-refractivity contribution in [3.8, 4) is 0 Å². The lowest BCUT2D eigenvalue weighted by molar-refractivity contribution is 0.0405. The quantitative estimate of drug-likeness (QED) is 0.790. The molecule has 0 bridgehead atoms. The summed E-state index contributed by atoms with van der Waals surface area (Å²) in [5.74, 6) is -0.0474. The first-order valence-electron chi connectivity index (χ1n) is 4.78. The lowest BCUT2D eigenvalue weighted by Crippen LogP contribution is -2.43. The van der Waals surface area contributed by atoms with E-state index in [4.69, 9.17) is 4.74 Å². The van der Waals surface area contributed by atoms with Crippen LogP contribution in [0.3, 0.4) is 0 Å². The van der Waals surface area contributed by atoms with Crippen LogP contribution in [0.5, 0.6) is 0 Å². The van der Waals surface area contributed by atoms with Gasteiger partial charge in [-0.05, 0) is 28.8 Å². The molecule has 0 aliphatic carbocycles. The highest BCUT2D eigenvalue weighted by Gasteiger charge is 2.46. The lowest BCUT2D eigenvalue weighted by atomic mass is 9.90. The van der Waals surface area contributed by atoms with Crippen LogP contribution in [0.2, 0.25) is 0 Å². The van der Waals surface area contributed by atoms with Crippen LogP contribution in [0, 0.1) is 0 Å². The number of thiazole rings is 1. The Morgan fingerprint density at radius 1 is 1.47 bits per heavy atom. The number of ether oxygens (including phenoxy) is 1. The van der Waals surface area contributed by atoms with E-state index in [1.54, 1.807) is 11.3 Å². The molecule has 1 aromatic heterocycles. The molecule has 1 spiro atoms. The average Bonchev–Trinajstić information content (AvgIpc) is 2.70. The third-order valence-electron chi connectivity index (χ3n) is 2.95. The van der Waals surface area contributed by atoms with Gasteiger partial charge in [0.2, 0.25) is 0 Å². The third kappa shape index (κ3) is 1.35. The topological polar surface area (TPSA) is 51.2 Å². The molecule has 0 unspecified atom stereocenters. The normalized spacial score (nSPS) is 22.9. The van der Waals surface area contributed by atoms with Crippen molar-refractivity contribution >= 4 is 33.2 Å². The van der Waals surface area contributed by atoms with Crippen LogP contribution >= 0.6 is 27.3 Å². The van der Waals surface area contributed by atoms with E-state index in [1.165, 1.54) is 0 Å². The van der Waals surface area contributed by atoms with Gasteiger partial charge in [0.05, 0.1) is 10.4 Å². The fourth-order valence-corrected chi connectivity index (χ4v) is 3.83. The minimum Gasteiger partial charge on any atom is -0.381 e. The molecule has 1 saturated heterocycles. The first-order chi connectivity index (χ1) is 7.21. The van der Waals surface area contributed by atoms with E-state index in [0.717, 1.165) is 21.6 Å². The molecule has 1 fully saturated rings. The monoisotopic (exact) mass is 288 g/mol. The molecule has 1 amide bonds. The number of aromatic nitrogens is 1. The zero-order chi connectivity index (χ0) is 10.5. The summed E-state index contributed by atoms with van der Waals surface area (Å²) < 4.78 is 6.12. The molecule has 0 aromatic carbocycles. The van der Waals surface area contributed by atoms with E-state index in [0.29, 0.717) is 18.9 Å². The van der Waals surface area contributed by atoms with Gasteiger partial charge in [-0.2, -0.15) is 0 Å². The fraction of sp³-hybridized carbons (Fsp3) is 0.556. The van der Waals surface area contributed by atoms with Gasteiger partial charge in [-0.3, -0.25) is 4.79 Å². The Morgan fingerprint density at radius 3 is 2.93 bits per heavy atom. The minimum absolute atomic E-state index is 0.0474. The van der Waals surface area contributed by atoms with Crippen molar-refractivity contribution in [1.82, 2.24) is 10.3 Å². The van der Waals surface area contributed by atoms with Crippen LogP contribution in [0.25, 0.3) is 0 Å². The molecular weight excluding hydrogens is 280 g/mol. The van der Waals surface area contributed by atoms with Crippen molar-refractivity contribution in [2.75, 3.05) is 13.2 Å². The maximum absolute atomic E-state index is 11.7. The highest BCUT2D eigenvalue weighted by atomic mass is 79.9. The van der Waals surface area contributed by atoms with Crippen molar-refractivity contribution in [1.29, 1.82) is 0 Å². The van der Waals surface area contributed by atoms with Crippen molar-refractivity contribution in [3.63, 3.8) is 0 Å². The van der Waals surface area contributed by atoms with E-state index in [1.807, 2.05) is 0 Å². The number of hydrogen-bond donors (Lipinski definition) is 1. The second kappa shape index (κ2) is 3.26. The van der Waals surface area contributed by atoms with Gasteiger partial charge in [-0.1, -0.05) is 0 Å². The van der Waals surface area contributed by atoms with Gasteiger partial charge in [-0.15, -0.1) is 11.3 Å². The molecule has 15 heavy (non-hydrogen) atoms. The fourth-order valence-electron chi connectivity index (χ4n) is 2.18. The van der Waals surface area contributed by atoms with E-state index in [2.05, 4.69) is 26.2 Å². The Bertz CT molecular complexity index is 426. The summed E-state index contributed by atoms with van der Waals surface area (Å²) in [7, 11) is 0. The van der Waals surface area contributed by atoms with Crippen LogP contribution in [-0.4, -0.2) is 24.1 Å². The number of hydrogen-bond acceptors (Lipinski definition) is 4. The molecule has 2 aliphatic heterocycles. The van der Waals surface area contributed by atoms with Gasteiger partial charge < -0.3 is 10.1 Å². The molecule has 1 aromatic rings. The van der Waals surface area contributed by atoms with Gasteiger partial charge in [0.25, 0.3) is 5.91 Å². The number of fused-ring (bicyclic) bond motifs is 2. The lowest BCUT2D eigenvalue weighted by Gasteiger charge is -2.32. The number of nitrogens with one attached hydrogen (secondary N) is 1. The van der Waals surface area contributed by atoms with Crippen LogP contribution in [-0.2, 0) is 10.3 Å². The molecule has 4 nitrogen and oxygen atoms in total. The van der Waals surface area contributed by atoms with Gasteiger partial charge in [-0.25, -0.2) is 4.98 Å². The average molecular weight is 289 g/mol. The van der Waals surface area contributed by atoms with Crippen LogP contribution in [0.4, 0.5) is 0 Å². The zero-order valence-corrected chi connectivity index (χ0v) is 10.3. The van der Waals surface area contributed by atoms with Crippen LogP contribution in [0.1, 0.15) is 28.2 Å². The Kier molecular flexibility index (Phi) is 2.12. The highest BCUT2D eigenvalue weighted by Crippen LogP contribution is 2.43. The SMILES string of the molecule is O=C1NC2(CCOCC2)c2sc(Br)nc21. The summed E-state index contributed by atoms with van der Waals surface area (Å²) in [5, 5.41) is 3.05. The molecular formula is C9H9BrN2O2S. The van der Waals surface area contributed by atoms with Gasteiger partial charge in [0.15, 0.2) is 3.92 Å². The van der Waals surface area contributed by atoms with E-state index >= 15 is 0 Å². The van der Waals surface area contributed by atoms with E-state index < -0.39 is 0 Å². The summed E-state index contributed by atoms with van der Waals surface area (Å²) in [6.07, 6.45) is 1.70. The summed E-state index contributed by atoms with van der Waals surface area (Å²) in [6, 6.07) is 0. The van der Waals surface area contributed by atoms with E-state index in [-0.39, 0.29) is 11.4 Å². The highest BCUT2D eigenvalue weighted by molar-refractivity contribution is 9.11. The third-order valence-corrected chi connectivity index (χ3v) is 4.66. The molecule has 0 radical (unpaired) electrons. The van der Waals surface area contributed by atoms with Crippen molar-refractivity contribution < 1.29 is 9.53 Å². The largest absolute Gasteiger partial charge is 0.381 e. The Labute approximate surface area is 99.2 Å². The molecule has 80 valence electrons. The number of carbonyl (C=O) groups excluding carboxylic acids is 1. The number of nitrogens with zero attached hydrogens (tertiary/aromatic N) is 1. The first kappa shape index (κ1) is 9.74. The van der Waals surface area contributed by atoms with Gasteiger partial charge >= 0.3 is 0 Å². The summed E-state index contributed by atoms with van der Waals surface area (Å²) in [5.41, 5.74) is 0.391. The molecule has 6 heteroatoms. The van der Waals surface area contributed by atoms with Crippen molar-refractivity contribution in [3.05, 3.63) is 14.5 Å². The second-order valence-corrected chi connectivity index (χ2v) is 6.07. The maximum atomic E-state index is 11.7. The minimum atomic E-state index is -0.200. The van der Waals surface area contributed by atoms with Gasteiger partial charge in [0, 0.05) is 13.2 Å². The number of carbonyl (C=O) groups is 1. The Balaban J connectivity index is 2.09. The molecule has 1 N–H and O–H groups in total. The first-order valence-corrected chi connectivity index (χ1v) is 6.39. The van der Waals surface area contributed by atoms with Gasteiger partial charge in [0.1, 0.15) is 5.69 Å².